The first-order valence-corrected chi connectivity index (χ1v) is 19.6. The normalized spacial score (nSPS) is 25.9. The van der Waals surface area contributed by atoms with E-state index >= 15 is 0 Å². The number of ketones is 1. The molecule has 4 N–H and O–H groups in total. The quantitative estimate of drug-likeness (QED) is 0.178. The summed E-state index contributed by atoms with van der Waals surface area (Å²) in [6.07, 6.45) is 7.34. The maximum atomic E-state index is 14.5. The second-order valence-corrected chi connectivity index (χ2v) is 20.3. The summed E-state index contributed by atoms with van der Waals surface area (Å²) in [4.78, 5) is 69.7. The van der Waals surface area contributed by atoms with Crippen molar-refractivity contribution in [2.24, 2.45) is 28.6 Å². The predicted octanol–water partition coefficient (Wildman–Crippen LogP) is 3.26. The van der Waals surface area contributed by atoms with Crippen molar-refractivity contribution >= 4 is 39.4 Å². The molecule has 276 valence electrons. The SMILES string of the molecule is C=CCNC(=O)C(=O)C(NC(=O)[C@@H]1[C@@H]2[C@H](CN1C(=O)[C@@H](NC(=O)NC1(CS(=O)(=O)C(C)(C)C)CCCCC1)C(C)(C)C)C2(C)C)C1CCC1. The van der Waals surface area contributed by atoms with Crippen LogP contribution in [0.1, 0.15) is 107 Å². The van der Waals surface area contributed by atoms with Crippen molar-refractivity contribution in [2.75, 3.05) is 18.8 Å². The minimum Gasteiger partial charge on any atom is -0.346 e. The Balaban J connectivity index is 1.56. The Bertz CT molecular complexity index is 1430. The summed E-state index contributed by atoms with van der Waals surface area (Å²) in [5.74, 6) is -2.83. The van der Waals surface area contributed by atoms with Gasteiger partial charge < -0.3 is 26.2 Å². The lowest BCUT2D eigenvalue weighted by atomic mass is 9.77. The highest BCUT2D eigenvalue weighted by Crippen LogP contribution is 2.65. The summed E-state index contributed by atoms with van der Waals surface area (Å²) in [5.41, 5.74) is -1.92. The van der Waals surface area contributed by atoms with E-state index in [1.807, 2.05) is 20.8 Å². The van der Waals surface area contributed by atoms with Crippen LogP contribution in [0.25, 0.3) is 0 Å². The zero-order chi connectivity index (χ0) is 36.7. The lowest BCUT2D eigenvalue weighted by Gasteiger charge is -2.41. The molecule has 1 aliphatic heterocycles. The highest BCUT2D eigenvalue weighted by molar-refractivity contribution is 7.92. The molecule has 1 unspecified atom stereocenters. The molecule has 0 aromatic heterocycles. The van der Waals surface area contributed by atoms with Crippen molar-refractivity contribution in [3.05, 3.63) is 12.7 Å². The maximum Gasteiger partial charge on any atom is 0.315 e. The second-order valence-electron chi connectivity index (χ2n) is 17.5. The van der Waals surface area contributed by atoms with Crippen molar-refractivity contribution in [3.63, 3.8) is 0 Å². The Morgan fingerprint density at radius 3 is 2.06 bits per heavy atom. The fourth-order valence-corrected chi connectivity index (χ4v) is 9.47. The molecule has 4 rings (SSSR count). The van der Waals surface area contributed by atoms with Crippen LogP contribution in [0.4, 0.5) is 4.79 Å². The van der Waals surface area contributed by atoms with Crippen LogP contribution in [0.3, 0.4) is 0 Å². The smallest absolute Gasteiger partial charge is 0.315 e. The topological polar surface area (TPSA) is 171 Å². The number of carbonyl (C=O) groups excluding carboxylic acids is 5. The zero-order valence-electron chi connectivity index (χ0n) is 30.7. The Kier molecular flexibility index (Phi) is 11.1. The largest absolute Gasteiger partial charge is 0.346 e. The van der Waals surface area contributed by atoms with E-state index in [4.69, 9.17) is 0 Å². The van der Waals surface area contributed by atoms with Crippen molar-refractivity contribution < 1.29 is 32.4 Å². The zero-order valence-corrected chi connectivity index (χ0v) is 31.6. The number of sulfone groups is 1. The van der Waals surface area contributed by atoms with Crippen LogP contribution >= 0.6 is 0 Å². The van der Waals surface area contributed by atoms with Crippen LogP contribution < -0.4 is 21.3 Å². The molecular formula is C36H59N5O7S. The molecule has 13 heteroatoms. The van der Waals surface area contributed by atoms with Gasteiger partial charge in [-0.1, -0.05) is 66.4 Å². The number of amides is 5. The maximum absolute atomic E-state index is 14.5. The van der Waals surface area contributed by atoms with Crippen molar-refractivity contribution in [2.45, 2.75) is 135 Å². The van der Waals surface area contributed by atoms with Crippen LogP contribution in [0, 0.1) is 28.6 Å². The Morgan fingerprint density at radius 2 is 1.55 bits per heavy atom. The molecule has 0 aromatic rings. The summed E-state index contributed by atoms with van der Waals surface area (Å²) in [6, 6.07) is -3.53. The average molecular weight is 706 g/mol. The first kappa shape index (κ1) is 38.8. The van der Waals surface area contributed by atoms with E-state index in [-0.39, 0.29) is 35.5 Å². The molecule has 12 nitrogen and oxygen atoms in total. The summed E-state index contributed by atoms with van der Waals surface area (Å²) in [5, 5.41) is 11.3. The summed E-state index contributed by atoms with van der Waals surface area (Å²) in [6.45, 7) is 18.6. The van der Waals surface area contributed by atoms with E-state index < -0.39 is 73.2 Å². The number of nitrogens with one attached hydrogen (secondary N) is 4. The van der Waals surface area contributed by atoms with Gasteiger partial charge in [0.15, 0.2) is 9.84 Å². The first-order chi connectivity index (χ1) is 22.6. The molecule has 4 aliphatic rings. The molecule has 5 atom stereocenters. The highest BCUT2D eigenvalue weighted by Gasteiger charge is 2.70. The van der Waals surface area contributed by atoms with Crippen LogP contribution in [0.5, 0.6) is 0 Å². The number of hydrogen-bond donors (Lipinski definition) is 4. The molecule has 4 fully saturated rings. The Hall–Kier alpha value is -2.96. The third kappa shape index (κ3) is 8.17. The number of fused-ring (bicyclic) bond motifs is 1. The molecule has 49 heavy (non-hydrogen) atoms. The van der Waals surface area contributed by atoms with Crippen LogP contribution in [0.15, 0.2) is 12.7 Å². The van der Waals surface area contributed by atoms with E-state index in [0.29, 0.717) is 32.2 Å². The van der Waals surface area contributed by atoms with Crippen molar-refractivity contribution in [1.29, 1.82) is 0 Å². The van der Waals surface area contributed by atoms with Gasteiger partial charge in [0.1, 0.15) is 18.1 Å². The Labute approximate surface area is 292 Å². The second kappa shape index (κ2) is 14.0. The van der Waals surface area contributed by atoms with Gasteiger partial charge in [-0.25, -0.2) is 13.2 Å². The monoisotopic (exact) mass is 705 g/mol. The molecule has 3 aliphatic carbocycles. The third-order valence-electron chi connectivity index (χ3n) is 11.6. The first-order valence-electron chi connectivity index (χ1n) is 17.9. The van der Waals surface area contributed by atoms with Gasteiger partial charge in [-0.15, -0.1) is 6.58 Å². The molecular weight excluding hydrogens is 646 g/mol. The van der Waals surface area contributed by atoms with E-state index in [9.17, 15) is 32.4 Å². The number of urea groups is 1. The average Bonchev–Trinajstić information content (AvgIpc) is 3.27. The van der Waals surface area contributed by atoms with Gasteiger partial charge >= 0.3 is 6.03 Å². The summed E-state index contributed by atoms with van der Waals surface area (Å²) >= 11 is 0. The summed E-state index contributed by atoms with van der Waals surface area (Å²) in [7, 11) is -3.56. The van der Waals surface area contributed by atoms with E-state index in [0.717, 1.165) is 25.7 Å². The van der Waals surface area contributed by atoms with Gasteiger partial charge in [0.05, 0.1) is 16.0 Å². The minimum atomic E-state index is -3.56. The fourth-order valence-electron chi connectivity index (χ4n) is 7.95. The molecule has 1 saturated heterocycles. The third-order valence-corrected chi connectivity index (χ3v) is 14.4. The van der Waals surface area contributed by atoms with E-state index in [1.54, 1.807) is 20.8 Å². The molecule has 1 heterocycles. The Morgan fingerprint density at radius 1 is 0.939 bits per heavy atom. The van der Waals surface area contributed by atoms with Crippen LogP contribution in [-0.2, 0) is 29.0 Å². The van der Waals surface area contributed by atoms with Crippen molar-refractivity contribution in [3.8, 4) is 0 Å². The molecule has 5 amide bonds. The summed E-state index contributed by atoms with van der Waals surface area (Å²) < 4.78 is 25.6. The molecule has 0 aromatic carbocycles. The van der Waals surface area contributed by atoms with E-state index in [1.165, 1.54) is 11.0 Å². The highest BCUT2D eigenvalue weighted by atomic mass is 32.2. The number of carbonyl (C=O) groups is 5. The van der Waals surface area contributed by atoms with Gasteiger partial charge in [0, 0.05) is 13.1 Å². The number of likely N-dealkylation sites (tertiary alicyclic amines) is 1. The molecule has 3 saturated carbocycles. The number of Topliss-reactive ketones (excluding diaryl/α,β-unsaturated/α-hetero) is 1. The molecule has 0 bridgehead atoms. The van der Waals surface area contributed by atoms with Crippen molar-refractivity contribution in [1.82, 2.24) is 26.2 Å². The predicted molar refractivity (Wildman–Crippen MR) is 188 cm³/mol. The number of nitrogens with zero attached hydrogens (tertiary/aromatic N) is 1. The number of rotatable bonds is 12. The van der Waals surface area contributed by atoms with Gasteiger partial charge in [-0.2, -0.15) is 0 Å². The molecule has 0 radical (unpaired) electrons. The van der Waals surface area contributed by atoms with Crippen LogP contribution in [-0.4, -0.2) is 90.1 Å². The van der Waals surface area contributed by atoms with E-state index in [2.05, 4.69) is 41.7 Å². The molecule has 0 spiro atoms. The van der Waals surface area contributed by atoms with Crippen LogP contribution in [0.2, 0.25) is 0 Å². The van der Waals surface area contributed by atoms with Gasteiger partial charge in [0.2, 0.25) is 17.6 Å². The lowest BCUT2D eigenvalue weighted by Crippen LogP contribution is -2.64. The number of piperidine rings is 1. The van der Waals surface area contributed by atoms with Gasteiger partial charge in [-0.05, 0) is 75.0 Å². The number of hydrogen-bond acceptors (Lipinski definition) is 7. The standard InChI is InChI=1S/C36H59N5O7S/c1-10-19-37-30(44)27(42)25(22-15-14-16-22)38-29(43)26-24-23(35(24,8)9)20-41(26)31(45)28(33(2,3)4)39-32(46)40-36(17-12-11-13-18-36)21-49(47,48)34(5,6)7/h10,22-26,28H,1,11-21H2,2-9H3,(H,37,44)(H,38,43)(H2,39,40,46)/t23-,24-,25?,26-,28+/m0/s1. The lowest BCUT2D eigenvalue weighted by molar-refractivity contribution is -0.146. The van der Waals surface area contributed by atoms with Gasteiger partial charge in [-0.3, -0.25) is 19.2 Å². The van der Waals surface area contributed by atoms with Gasteiger partial charge in [0.25, 0.3) is 5.91 Å². The fraction of sp³-hybridized carbons (Fsp3) is 0.806. The minimum absolute atomic E-state index is 0.0588.